The van der Waals surface area contributed by atoms with Gasteiger partial charge in [-0.1, -0.05) is 186 Å². The summed E-state index contributed by atoms with van der Waals surface area (Å²) >= 11 is 0. The second-order valence-corrected chi connectivity index (χ2v) is 22.5. The zero-order chi connectivity index (χ0) is 53.0. The van der Waals surface area contributed by atoms with Crippen molar-refractivity contribution in [1.29, 1.82) is 0 Å². The molecule has 10 aromatic rings. The van der Waals surface area contributed by atoms with E-state index in [4.69, 9.17) is 16.6 Å². The molecule has 0 aliphatic heterocycles. The Bertz CT molecular complexity index is 3790. The van der Waals surface area contributed by atoms with Gasteiger partial charge in [-0.3, -0.25) is 13.7 Å². The molecule has 0 fully saturated rings. The molecule has 0 radical (unpaired) electrons. The van der Waals surface area contributed by atoms with E-state index in [2.05, 4.69) is 206 Å². The summed E-state index contributed by atoms with van der Waals surface area (Å²) in [6.07, 6.45) is 5.74. The third-order valence-electron chi connectivity index (χ3n) is 13.3. The molecule has 0 aliphatic rings. The summed E-state index contributed by atoms with van der Waals surface area (Å²) in [6, 6.07) is 44.9. The maximum Gasteiger partial charge on any atom is 0.269 e. The van der Waals surface area contributed by atoms with Crippen LogP contribution in [0.1, 0.15) is 112 Å². The van der Waals surface area contributed by atoms with E-state index < -0.39 is 16.9 Å². The molecule has 0 aliphatic carbocycles. The van der Waals surface area contributed by atoms with Crippen LogP contribution in [0.15, 0.2) is 170 Å². The fourth-order valence-corrected chi connectivity index (χ4v) is 9.46. The lowest BCUT2D eigenvalue weighted by atomic mass is 9.76. The molecule has 0 amide bonds. The summed E-state index contributed by atoms with van der Waals surface area (Å²) in [5, 5.41) is 2.25. The van der Waals surface area contributed by atoms with Gasteiger partial charge in [0.25, 0.3) is 6.33 Å². The topological polar surface area (TPSA) is 35.9 Å². The number of pyridine rings is 1. The minimum absolute atomic E-state index is 0.0117. The quantitative estimate of drug-likeness (QED) is 0.118. The number of benzene rings is 7. The van der Waals surface area contributed by atoms with Gasteiger partial charge >= 0.3 is 0 Å². The Morgan fingerprint density at radius 2 is 1.16 bits per heavy atom. The molecule has 10 rings (SSSR count). The molecule has 0 saturated carbocycles. The molecule has 3 heterocycles. The van der Waals surface area contributed by atoms with Crippen LogP contribution >= 0.6 is 0 Å². The third-order valence-corrected chi connectivity index (χ3v) is 13.3. The first kappa shape index (κ1) is 39.7. The van der Waals surface area contributed by atoms with Crippen molar-refractivity contribution in [3.63, 3.8) is 0 Å². The smallest absolute Gasteiger partial charge is 0.269 e. The van der Waals surface area contributed by atoms with Crippen LogP contribution in [0.25, 0.3) is 72.3 Å². The Morgan fingerprint density at radius 3 is 1.84 bits per heavy atom. The molecule has 3 aromatic heterocycles. The van der Waals surface area contributed by atoms with Crippen molar-refractivity contribution in [2.24, 2.45) is 0 Å². The molecule has 69 heavy (non-hydrogen) atoms. The maximum absolute atomic E-state index is 9.00. The summed E-state index contributed by atoms with van der Waals surface area (Å²) in [7, 11) is 0. The van der Waals surface area contributed by atoms with Crippen molar-refractivity contribution in [2.75, 3.05) is 0 Å². The van der Waals surface area contributed by atoms with E-state index in [1.807, 2.05) is 36.5 Å². The van der Waals surface area contributed by atoms with Crippen LogP contribution in [0, 0.1) is 6.33 Å². The maximum atomic E-state index is 9.00. The zero-order valence-corrected chi connectivity index (χ0v) is 42.0. The number of hydrogen-bond acceptors (Lipinski definition) is 2. The highest BCUT2D eigenvalue weighted by Crippen LogP contribution is 2.41. The first-order chi connectivity index (χ1) is 34.8. The molecule has 5 nitrogen and oxygen atoms in total. The highest BCUT2D eigenvalue weighted by atomic mass is 16.5. The van der Waals surface area contributed by atoms with E-state index in [0.29, 0.717) is 17.1 Å². The Kier molecular flexibility index (Phi) is 9.65. The minimum atomic E-state index is -0.464. The molecule has 0 unspecified atom stereocenters. The number of ether oxygens (including phenoxy) is 1. The number of fused-ring (bicyclic) bond motifs is 4. The molecule has 0 N–H and O–H groups in total. The SMILES string of the molecule is [2H]c1c([2H])c([2H])c(-c2cc(C(C)(C)C)c(-[n+]3[c-]n(-c4cccc(Oc5ccc6c7ccccc7n(-c7cc(C(C)(C)C)ccn7)c6c5)c4)c4cc(-c5ccc(C(C)(C)C)cc5)ccc43)c(C(C)(C)C)c2)c([2H])c1[2H]. The van der Waals surface area contributed by atoms with E-state index in [1.165, 1.54) is 11.1 Å². The van der Waals surface area contributed by atoms with Gasteiger partial charge in [0, 0.05) is 23.0 Å². The molecule has 0 saturated heterocycles. The molecule has 0 atom stereocenters. The van der Waals surface area contributed by atoms with E-state index in [1.54, 1.807) is 0 Å². The number of imidazole rings is 1. The highest BCUT2D eigenvalue weighted by Gasteiger charge is 2.30. The lowest BCUT2D eigenvalue weighted by Gasteiger charge is -2.31. The van der Waals surface area contributed by atoms with Gasteiger partial charge in [-0.2, -0.15) is 0 Å². The van der Waals surface area contributed by atoms with Crippen molar-refractivity contribution in [2.45, 2.75) is 105 Å². The predicted molar refractivity (Wildman–Crippen MR) is 288 cm³/mol. The van der Waals surface area contributed by atoms with Crippen molar-refractivity contribution in [1.82, 2.24) is 14.1 Å². The van der Waals surface area contributed by atoms with E-state index in [-0.39, 0.29) is 40.6 Å². The van der Waals surface area contributed by atoms with Gasteiger partial charge < -0.3 is 4.74 Å². The summed E-state index contributed by atoms with van der Waals surface area (Å²) in [6.45, 7) is 26.3. The predicted octanol–water partition coefficient (Wildman–Crippen LogP) is 16.5. The number of hydrogen-bond donors (Lipinski definition) is 0. The van der Waals surface area contributed by atoms with Crippen molar-refractivity contribution in [3.8, 4) is 50.9 Å². The van der Waals surface area contributed by atoms with Crippen LogP contribution in [0.3, 0.4) is 0 Å². The van der Waals surface area contributed by atoms with Gasteiger partial charge in [0.2, 0.25) is 0 Å². The van der Waals surface area contributed by atoms with Crippen LogP contribution in [0.4, 0.5) is 0 Å². The van der Waals surface area contributed by atoms with Crippen LogP contribution in [0.2, 0.25) is 0 Å². The van der Waals surface area contributed by atoms with E-state index in [0.717, 1.165) is 72.3 Å². The van der Waals surface area contributed by atoms with Crippen molar-refractivity contribution < 1.29 is 16.2 Å². The van der Waals surface area contributed by atoms with E-state index >= 15 is 0 Å². The standard InChI is InChI=1S/C64H64N4O/c1-61(2,3)46-28-25-43(26-29-46)44-27-32-56-58(37-44)66(41-67(56)60-53(63(7,8)9)35-45(36-54(60)64(10,11)12)42-19-14-13-15-20-42)48-21-18-22-49(39-48)69-50-30-31-52-51-23-16-17-24-55(51)68(57(52)40-50)59-38-47(33-34-65-59)62(4,5)6/h13-40H,1-12H3/i13D,14D,15D,19D,20D. The summed E-state index contributed by atoms with van der Waals surface area (Å²) in [5.41, 5.74) is 12.0. The summed E-state index contributed by atoms with van der Waals surface area (Å²) < 4.78 is 56.8. The fourth-order valence-electron chi connectivity index (χ4n) is 9.46. The van der Waals surface area contributed by atoms with Crippen LogP contribution in [-0.4, -0.2) is 14.1 Å². The average Bonchev–Trinajstić information content (AvgIpc) is 3.89. The monoisotopic (exact) mass is 910 g/mol. The molecular weight excluding hydrogens is 841 g/mol. The molecule has 346 valence electrons. The second-order valence-electron chi connectivity index (χ2n) is 22.5. The number of para-hydroxylation sites is 1. The summed E-state index contributed by atoms with van der Waals surface area (Å²) in [4.78, 5) is 4.89. The third kappa shape index (κ3) is 8.65. The van der Waals surface area contributed by atoms with Crippen molar-refractivity contribution >= 4 is 32.8 Å². The number of aromatic nitrogens is 4. The minimum Gasteiger partial charge on any atom is -0.458 e. The first-order valence-corrected chi connectivity index (χ1v) is 24.0. The molecular formula is C64H64N4O. The van der Waals surface area contributed by atoms with Gasteiger partial charge in [0.15, 0.2) is 0 Å². The Morgan fingerprint density at radius 1 is 0.507 bits per heavy atom. The van der Waals surface area contributed by atoms with Crippen LogP contribution in [0.5, 0.6) is 11.5 Å². The number of nitrogens with zero attached hydrogens (tertiary/aromatic N) is 4. The van der Waals surface area contributed by atoms with E-state index in [9.17, 15) is 0 Å². The molecule has 0 spiro atoms. The Balaban J connectivity index is 1.16. The van der Waals surface area contributed by atoms with Crippen molar-refractivity contribution in [3.05, 3.63) is 198 Å². The zero-order valence-electron chi connectivity index (χ0n) is 47.0. The highest BCUT2D eigenvalue weighted by molar-refractivity contribution is 6.09. The lowest BCUT2D eigenvalue weighted by Crippen LogP contribution is -2.37. The lowest BCUT2D eigenvalue weighted by molar-refractivity contribution is -0.574. The average molecular weight is 910 g/mol. The van der Waals surface area contributed by atoms with Gasteiger partial charge in [-0.15, -0.1) is 0 Å². The molecule has 5 heteroatoms. The van der Waals surface area contributed by atoms with Crippen LogP contribution < -0.4 is 9.30 Å². The van der Waals surface area contributed by atoms with Gasteiger partial charge in [0.05, 0.1) is 40.3 Å². The van der Waals surface area contributed by atoms with Crippen LogP contribution in [-0.2, 0) is 21.7 Å². The fraction of sp³-hybridized carbons (Fsp3) is 0.250. The number of rotatable bonds is 7. The second kappa shape index (κ2) is 16.8. The molecule has 7 aromatic carbocycles. The summed E-state index contributed by atoms with van der Waals surface area (Å²) in [5.74, 6) is 2.19. The Hall–Kier alpha value is -7.24. The van der Waals surface area contributed by atoms with Gasteiger partial charge in [-0.05, 0) is 121 Å². The molecule has 0 bridgehead atoms. The Labute approximate surface area is 415 Å². The van der Waals surface area contributed by atoms with Gasteiger partial charge in [-0.25, -0.2) is 4.98 Å². The first-order valence-electron chi connectivity index (χ1n) is 26.5. The van der Waals surface area contributed by atoms with Gasteiger partial charge in [0.1, 0.15) is 17.3 Å². The largest absolute Gasteiger partial charge is 0.458 e. The normalized spacial score (nSPS) is 13.7.